The van der Waals surface area contributed by atoms with Crippen molar-refractivity contribution in [1.82, 2.24) is 10.2 Å². The summed E-state index contributed by atoms with van der Waals surface area (Å²) in [6.45, 7) is 7.97. The van der Waals surface area contributed by atoms with Crippen LogP contribution in [-0.2, 0) is 0 Å². The van der Waals surface area contributed by atoms with Gasteiger partial charge in [0.05, 0.1) is 0 Å². The van der Waals surface area contributed by atoms with Crippen LogP contribution in [0.2, 0.25) is 5.02 Å². The highest BCUT2D eigenvalue weighted by Crippen LogP contribution is 2.31. The van der Waals surface area contributed by atoms with Gasteiger partial charge in [0.2, 0.25) is 0 Å². The Bertz CT molecular complexity index is 420. The zero-order valence-electron chi connectivity index (χ0n) is 11.3. The van der Waals surface area contributed by atoms with E-state index in [0.717, 1.165) is 48.9 Å². The van der Waals surface area contributed by atoms with Crippen LogP contribution in [0, 0.1) is 0 Å². The van der Waals surface area contributed by atoms with Crippen LogP contribution in [0.5, 0.6) is 0 Å². The molecule has 1 aliphatic heterocycles. The van der Waals surface area contributed by atoms with Crippen molar-refractivity contribution in [3.63, 3.8) is 0 Å². The summed E-state index contributed by atoms with van der Waals surface area (Å²) in [5.41, 5.74) is 8.02. The summed E-state index contributed by atoms with van der Waals surface area (Å²) in [5.74, 6) is 0. The van der Waals surface area contributed by atoms with Gasteiger partial charge < -0.3 is 11.1 Å². The molecule has 1 atom stereocenters. The van der Waals surface area contributed by atoms with E-state index >= 15 is 0 Å². The molecule has 3 N–H and O–H groups in total. The first kappa shape index (κ1) is 19.6. The first-order chi connectivity index (χ1) is 8.72. The number of nitrogens with zero attached hydrogens (tertiary/aromatic N) is 1. The third kappa shape index (κ3) is 4.83. The smallest absolute Gasteiger partial charge is 0.0410 e. The fourth-order valence-corrected chi connectivity index (χ4v) is 2.64. The van der Waals surface area contributed by atoms with Crippen molar-refractivity contribution in [3.05, 3.63) is 41.4 Å². The quantitative estimate of drug-likeness (QED) is 0.654. The Labute approximate surface area is 138 Å². The second-order valence-electron chi connectivity index (χ2n) is 4.60. The zero-order valence-corrected chi connectivity index (χ0v) is 13.7. The number of benzene rings is 1. The molecule has 1 fully saturated rings. The van der Waals surface area contributed by atoms with Crippen LogP contribution in [0.25, 0.3) is 0 Å². The Kier molecular flexibility index (Phi) is 9.27. The third-order valence-corrected chi connectivity index (χ3v) is 3.63. The molecule has 114 valence electrons. The highest BCUT2D eigenvalue weighted by molar-refractivity contribution is 6.30. The normalized spacial score (nSPS) is 16.6. The molecule has 0 aliphatic carbocycles. The van der Waals surface area contributed by atoms with Gasteiger partial charge in [-0.2, -0.15) is 0 Å². The number of rotatable bonds is 4. The van der Waals surface area contributed by atoms with E-state index < -0.39 is 0 Å². The Morgan fingerprint density at radius 1 is 1.35 bits per heavy atom. The molecule has 1 aliphatic rings. The van der Waals surface area contributed by atoms with Crippen molar-refractivity contribution < 1.29 is 0 Å². The number of hydrogen-bond donors (Lipinski definition) is 2. The van der Waals surface area contributed by atoms with E-state index in [9.17, 15) is 0 Å². The molecule has 0 aromatic heterocycles. The highest BCUT2D eigenvalue weighted by atomic mass is 35.5. The topological polar surface area (TPSA) is 41.3 Å². The lowest BCUT2D eigenvalue weighted by Gasteiger charge is -2.35. The number of piperazine rings is 1. The molecule has 0 bridgehead atoms. The minimum atomic E-state index is 0. The summed E-state index contributed by atoms with van der Waals surface area (Å²) >= 11 is 6.09. The van der Waals surface area contributed by atoms with Gasteiger partial charge in [-0.3, -0.25) is 4.90 Å². The summed E-state index contributed by atoms with van der Waals surface area (Å²) < 4.78 is 0. The number of anilines is 1. The maximum absolute atomic E-state index is 6.09. The molecule has 1 aromatic carbocycles. The van der Waals surface area contributed by atoms with Crippen LogP contribution in [0.1, 0.15) is 18.0 Å². The summed E-state index contributed by atoms with van der Waals surface area (Å²) in [6.07, 6.45) is 2.84. The first-order valence-corrected chi connectivity index (χ1v) is 6.70. The molecule has 1 saturated heterocycles. The zero-order chi connectivity index (χ0) is 13.0. The van der Waals surface area contributed by atoms with Crippen molar-refractivity contribution in [1.29, 1.82) is 0 Å². The van der Waals surface area contributed by atoms with E-state index in [2.05, 4.69) is 16.8 Å². The molecule has 0 unspecified atom stereocenters. The van der Waals surface area contributed by atoms with Gasteiger partial charge in [-0.05, 0) is 30.2 Å². The molecular formula is C14H22Cl3N3. The largest absolute Gasteiger partial charge is 0.398 e. The molecule has 0 saturated carbocycles. The van der Waals surface area contributed by atoms with Crippen LogP contribution < -0.4 is 11.1 Å². The molecule has 0 radical (unpaired) electrons. The van der Waals surface area contributed by atoms with Crippen LogP contribution in [0.15, 0.2) is 30.9 Å². The van der Waals surface area contributed by atoms with Gasteiger partial charge in [0.15, 0.2) is 0 Å². The standard InChI is InChI=1S/C14H20ClN3.2ClH/c1-2-3-14(18-8-6-17-7-9-18)12-10-11(15)4-5-13(12)16;;/h2,4-5,10,14,17H,1,3,6-9,16H2;2*1H/t14-;;/m0../s1. The fourth-order valence-electron chi connectivity index (χ4n) is 2.46. The average Bonchev–Trinajstić information content (AvgIpc) is 2.40. The predicted molar refractivity (Wildman–Crippen MR) is 92.4 cm³/mol. The van der Waals surface area contributed by atoms with Gasteiger partial charge in [0, 0.05) is 42.9 Å². The lowest BCUT2D eigenvalue weighted by atomic mass is 9.99. The van der Waals surface area contributed by atoms with Gasteiger partial charge in [-0.15, -0.1) is 31.4 Å². The van der Waals surface area contributed by atoms with Crippen LogP contribution >= 0.6 is 36.4 Å². The molecule has 1 aromatic rings. The van der Waals surface area contributed by atoms with Gasteiger partial charge >= 0.3 is 0 Å². The first-order valence-electron chi connectivity index (χ1n) is 6.33. The van der Waals surface area contributed by atoms with Crippen LogP contribution in [-0.4, -0.2) is 31.1 Å². The fraction of sp³-hybridized carbons (Fsp3) is 0.429. The summed E-state index contributed by atoms with van der Waals surface area (Å²) in [6, 6.07) is 5.98. The maximum atomic E-state index is 6.09. The average molecular weight is 339 g/mol. The van der Waals surface area contributed by atoms with E-state index in [-0.39, 0.29) is 30.9 Å². The van der Waals surface area contributed by atoms with E-state index in [1.165, 1.54) is 0 Å². The third-order valence-electron chi connectivity index (χ3n) is 3.39. The van der Waals surface area contributed by atoms with Crippen molar-refractivity contribution in [2.24, 2.45) is 0 Å². The van der Waals surface area contributed by atoms with E-state index in [1.54, 1.807) is 0 Å². The number of nitrogen functional groups attached to an aromatic ring is 1. The molecule has 20 heavy (non-hydrogen) atoms. The minimum absolute atomic E-state index is 0. The number of hydrogen-bond acceptors (Lipinski definition) is 3. The van der Waals surface area contributed by atoms with Crippen molar-refractivity contribution in [3.8, 4) is 0 Å². The number of nitrogens with two attached hydrogens (primary N) is 1. The second-order valence-corrected chi connectivity index (χ2v) is 5.04. The van der Waals surface area contributed by atoms with Gasteiger partial charge in [-0.1, -0.05) is 17.7 Å². The molecule has 0 amide bonds. The number of halogens is 3. The van der Waals surface area contributed by atoms with E-state index in [0.29, 0.717) is 0 Å². The SMILES string of the molecule is C=CC[C@@H](c1cc(Cl)ccc1N)N1CCNCC1.Cl.Cl. The summed E-state index contributed by atoms with van der Waals surface area (Å²) in [7, 11) is 0. The molecule has 3 nitrogen and oxygen atoms in total. The van der Waals surface area contributed by atoms with Crippen molar-refractivity contribution >= 4 is 42.1 Å². The predicted octanol–water partition coefficient (Wildman–Crippen LogP) is 3.29. The van der Waals surface area contributed by atoms with Gasteiger partial charge in [-0.25, -0.2) is 0 Å². The molecule has 0 spiro atoms. The second kappa shape index (κ2) is 9.48. The Morgan fingerprint density at radius 3 is 2.60 bits per heavy atom. The highest BCUT2D eigenvalue weighted by Gasteiger charge is 2.22. The van der Waals surface area contributed by atoms with Crippen molar-refractivity contribution in [2.45, 2.75) is 12.5 Å². The molecule has 6 heteroatoms. The summed E-state index contributed by atoms with van der Waals surface area (Å²) in [5, 5.41) is 4.10. The van der Waals surface area contributed by atoms with Gasteiger partial charge in [0.1, 0.15) is 0 Å². The maximum Gasteiger partial charge on any atom is 0.0410 e. The lowest BCUT2D eigenvalue weighted by molar-refractivity contribution is 0.175. The van der Waals surface area contributed by atoms with Crippen LogP contribution in [0.4, 0.5) is 5.69 Å². The van der Waals surface area contributed by atoms with Crippen molar-refractivity contribution in [2.75, 3.05) is 31.9 Å². The monoisotopic (exact) mass is 337 g/mol. The molecule has 1 heterocycles. The van der Waals surface area contributed by atoms with Gasteiger partial charge in [0.25, 0.3) is 0 Å². The molecular weight excluding hydrogens is 317 g/mol. The van der Waals surface area contributed by atoms with E-state index in [1.807, 2.05) is 24.3 Å². The minimum Gasteiger partial charge on any atom is -0.398 e. The van der Waals surface area contributed by atoms with Crippen LogP contribution in [0.3, 0.4) is 0 Å². The lowest BCUT2D eigenvalue weighted by Crippen LogP contribution is -2.45. The Morgan fingerprint density at radius 2 is 2.00 bits per heavy atom. The Balaban J connectivity index is 0.00000180. The number of nitrogens with one attached hydrogen (secondary N) is 1. The van der Waals surface area contributed by atoms with E-state index in [4.69, 9.17) is 17.3 Å². The Hall–Kier alpha value is -0.450. The summed E-state index contributed by atoms with van der Waals surface area (Å²) in [4.78, 5) is 2.44. The molecule has 2 rings (SSSR count).